The van der Waals surface area contributed by atoms with Gasteiger partial charge in [-0.3, -0.25) is 0 Å². The van der Waals surface area contributed by atoms with Gasteiger partial charge in [0.25, 0.3) is 0 Å². The van der Waals surface area contributed by atoms with Gasteiger partial charge in [0.05, 0.1) is 23.5 Å². The van der Waals surface area contributed by atoms with Crippen molar-refractivity contribution in [2.24, 2.45) is 0 Å². The van der Waals surface area contributed by atoms with Crippen molar-refractivity contribution in [2.45, 2.75) is 13.5 Å². The lowest BCUT2D eigenvalue weighted by Gasteiger charge is -2.06. The van der Waals surface area contributed by atoms with Crippen LogP contribution in [0.15, 0.2) is 28.8 Å². The standard InChI is InChI=1S/C11H12ClN3O/c1-7-5-15-11(16-7)6-14-10-3-2-8(13)4-9(10)12/h2-5,14H,6,13H2,1H3. The summed E-state index contributed by atoms with van der Waals surface area (Å²) >= 11 is 6.01. The number of benzene rings is 1. The van der Waals surface area contributed by atoms with E-state index in [4.69, 9.17) is 21.8 Å². The van der Waals surface area contributed by atoms with Gasteiger partial charge in [-0.2, -0.15) is 0 Å². The Morgan fingerprint density at radius 3 is 2.94 bits per heavy atom. The van der Waals surface area contributed by atoms with Crippen LogP contribution in [0, 0.1) is 6.92 Å². The maximum Gasteiger partial charge on any atom is 0.213 e. The third kappa shape index (κ3) is 2.46. The third-order valence-electron chi connectivity index (χ3n) is 2.09. The molecular weight excluding hydrogens is 226 g/mol. The molecule has 0 bridgehead atoms. The normalized spacial score (nSPS) is 10.4. The summed E-state index contributed by atoms with van der Waals surface area (Å²) in [5.41, 5.74) is 7.05. The van der Waals surface area contributed by atoms with Gasteiger partial charge < -0.3 is 15.5 Å². The summed E-state index contributed by atoms with van der Waals surface area (Å²) in [4.78, 5) is 4.08. The second kappa shape index (κ2) is 4.45. The highest BCUT2D eigenvalue weighted by Crippen LogP contribution is 2.24. The van der Waals surface area contributed by atoms with Crippen LogP contribution >= 0.6 is 11.6 Å². The molecule has 84 valence electrons. The number of nitrogens with two attached hydrogens (primary N) is 1. The van der Waals surface area contributed by atoms with E-state index >= 15 is 0 Å². The first-order valence-corrected chi connectivity index (χ1v) is 5.23. The monoisotopic (exact) mass is 237 g/mol. The van der Waals surface area contributed by atoms with Gasteiger partial charge in [-0.1, -0.05) is 11.6 Å². The van der Waals surface area contributed by atoms with Gasteiger partial charge >= 0.3 is 0 Å². The Morgan fingerprint density at radius 1 is 1.50 bits per heavy atom. The molecule has 0 saturated heterocycles. The number of aryl methyl sites for hydroxylation is 1. The topological polar surface area (TPSA) is 64.1 Å². The number of oxazole rings is 1. The molecule has 0 fully saturated rings. The van der Waals surface area contributed by atoms with Crippen molar-refractivity contribution in [3.8, 4) is 0 Å². The van der Waals surface area contributed by atoms with E-state index < -0.39 is 0 Å². The summed E-state index contributed by atoms with van der Waals surface area (Å²) in [5, 5.41) is 3.71. The second-order valence-corrected chi connectivity index (χ2v) is 3.86. The zero-order valence-corrected chi connectivity index (χ0v) is 9.58. The molecule has 5 heteroatoms. The van der Waals surface area contributed by atoms with Crippen molar-refractivity contribution in [3.05, 3.63) is 41.1 Å². The van der Waals surface area contributed by atoms with E-state index in [2.05, 4.69) is 10.3 Å². The molecule has 0 aliphatic carbocycles. The lowest BCUT2D eigenvalue weighted by atomic mass is 10.3. The Morgan fingerprint density at radius 2 is 2.31 bits per heavy atom. The summed E-state index contributed by atoms with van der Waals surface area (Å²) in [6.45, 7) is 2.35. The van der Waals surface area contributed by atoms with E-state index in [0.29, 0.717) is 23.1 Å². The van der Waals surface area contributed by atoms with E-state index in [0.717, 1.165) is 11.4 Å². The molecule has 16 heavy (non-hydrogen) atoms. The maximum atomic E-state index is 6.01. The SMILES string of the molecule is Cc1cnc(CNc2ccc(N)cc2Cl)o1. The Kier molecular flexibility index (Phi) is 3.01. The van der Waals surface area contributed by atoms with E-state index in [9.17, 15) is 0 Å². The van der Waals surface area contributed by atoms with Crippen LogP contribution in [0.3, 0.4) is 0 Å². The zero-order chi connectivity index (χ0) is 11.5. The Hall–Kier alpha value is -1.68. The molecule has 1 aromatic heterocycles. The lowest BCUT2D eigenvalue weighted by molar-refractivity contribution is 0.479. The number of anilines is 2. The van der Waals surface area contributed by atoms with Gasteiger partial charge in [-0.25, -0.2) is 4.98 Å². The molecule has 1 heterocycles. The average molecular weight is 238 g/mol. The summed E-state index contributed by atoms with van der Waals surface area (Å²) in [7, 11) is 0. The summed E-state index contributed by atoms with van der Waals surface area (Å²) < 4.78 is 5.33. The molecule has 0 amide bonds. The predicted octanol–water partition coefficient (Wildman–Crippen LogP) is 2.83. The van der Waals surface area contributed by atoms with Crippen LogP contribution in [0.2, 0.25) is 5.02 Å². The second-order valence-electron chi connectivity index (χ2n) is 3.46. The van der Waals surface area contributed by atoms with E-state index in [1.165, 1.54) is 0 Å². The molecule has 0 radical (unpaired) electrons. The average Bonchev–Trinajstić information content (AvgIpc) is 2.63. The fourth-order valence-corrected chi connectivity index (χ4v) is 1.58. The number of nitrogens with zero attached hydrogens (tertiary/aromatic N) is 1. The largest absolute Gasteiger partial charge is 0.444 e. The Bertz CT molecular complexity index is 496. The lowest BCUT2D eigenvalue weighted by Crippen LogP contribution is -2.00. The smallest absolute Gasteiger partial charge is 0.213 e. The fraction of sp³-hybridized carbons (Fsp3) is 0.182. The molecule has 2 aromatic rings. The van der Waals surface area contributed by atoms with Crippen molar-refractivity contribution in [3.63, 3.8) is 0 Å². The highest BCUT2D eigenvalue weighted by atomic mass is 35.5. The van der Waals surface area contributed by atoms with Crippen LogP contribution < -0.4 is 11.1 Å². The third-order valence-corrected chi connectivity index (χ3v) is 2.41. The van der Waals surface area contributed by atoms with Crippen LogP contribution in [0.1, 0.15) is 11.7 Å². The van der Waals surface area contributed by atoms with Gasteiger partial charge in [-0.05, 0) is 25.1 Å². The summed E-state index contributed by atoms with van der Waals surface area (Å²) in [6.07, 6.45) is 1.68. The predicted molar refractivity (Wildman–Crippen MR) is 64.4 cm³/mol. The summed E-state index contributed by atoms with van der Waals surface area (Å²) in [5.74, 6) is 1.42. The number of halogens is 1. The van der Waals surface area contributed by atoms with Crippen LogP contribution in [-0.2, 0) is 6.54 Å². The van der Waals surface area contributed by atoms with E-state index in [1.807, 2.05) is 13.0 Å². The van der Waals surface area contributed by atoms with E-state index in [1.54, 1.807) is 18.3 Å². The summed E-state index contributed by atoms with van der Waals surface area (Å²) in [6, 6.07) is 5.31. The zero-order valence-electron chi connectivity index (χ0n) is 8.83. The molecule has 1 aromatic carbocycles. The molecule has 0 unspecified atom stereocenters. The maximum absolute atomic E-state index is 6.01. The quantitative estimate of drug-likeness (QED) is 0.806. The van der Waals surface area contributed by atoms with Gasteiger partial charge in [0, 0.05) is 5.69 Å². The molecular formula is C11H12ClN3O. The first-order chi connectivity index (χ1) is 7.65. The Balaban J connectivity index is 2.04. The molecule has 0 saturated carbocycles. The van der Waals surface area contributed by atoms with Crippen LogP contribution in [0.4, 0.5) is 11.4 Å². The molecule has 4 nitrogen and oxygen atoms in total. The van der Waals surface area contributed by atoms with Gasteiger partial charge in [0.15, 0.2) is 0 Å². The molecule has 0 spiro atoms. The van der Waals surface area contributed by atoms with Crippen LogP contribution in [-0.4, -0.2) is 4.98 Å². The number of hydrogen-bond acceptors (Lipinski definition) is 4. The highest BCUT2D eigenvalue weighted by molar-refractivity contribution is 6.33. The minimum absolute atomic E-state index is 0.497. The fourth-order valence-electron chi connectivity index (χ4n) is 1.33. The minimum atomic E-state index is 0.497. The number of nitrogen functional groups attached to an aromatic ring is 1. The number of nitrogens with one attached hydrogen (secondary N) is 1. The Labute approximate surface area is 98.4 Å². The minimum Gasteiger partial charge on any atom is -0.444 e. The van der Waals surface area contributed by atoms with Gasteiger partial charge in [0.2, 0.25) is 5.89 Å². The van der Waals surface area contributed by atoms with Crippen molar-refractivity contribution in [1.29, 1.82) is 0 Å². The van der Waals surface area contributed by atoms with Gasteiger partial charge in [0.1, 0.15) is 5.76 Å². The molecule has 0 atom stereocenters. The number of aromatic nitrogens is 1. The number of hydrogen-bond donors (Lipinski definition) is 2. The molecule has 2 rings (SSSR count). The molecule has 3 N–H and O–H groups in total. The van der Waals surface area contributed by atoms with Crippen LogP contribution in [0.5, 0.6) is 0 Å². The van der Waals surface area contributed by atoms with E-state index in [-0.39, 0.29) is 0 Å². The van der Waals surface area contributed by atoms with Crippen LogP contribution in [0.25, 0.3) is 0 Å². The van der Waals surface area contributed by atoms with Gasteiger partial charge in [-0.15, -0.1) is 0 Å². The highest BCUT2D eigenvalue weighted by Gasteiger charge is 2.03. The first kappa shape index (κ1) is 10.8. The van der Waals surface area contributed by atoms with Crippen molar-refractivity contribution in [1.82, 2.24) is 4.98 Å². The first-order valence-electron chi connectivity index (χ1n) is 4.85. The molecule has 0 aliphatic heterocycles. The van der Waals surface area contributed by atoms with Crippen molar-refractivity contribution >= 4 is 23.0 Å². The molecule has 0 aliphatic rings. The van der Waals surface area contributed by atoms with Crippen molar-refractivity contribution in [2.75, 3.05) is 11.1 Å². The number of rotatable bonds is 3. The van der Waals surface area contributed by atoms with Crippen molar-refractivity contribution < 1.29 is 4.42 Å².